The van der Waals surface area contributed by atoms with E-state index in [1.807, 2.05) is 92.0 Å². The van der Waals surface area contributed by atoms with E-state index < -0.39 is 0 Å². The van der Waals surface area contributed by atoms with Gasteiger partial charge >= 0.3 is 0 Å². The molecule has 7 heteroatoms. The van der Waals surface area contributed by atoms with Crippen molar-refractivity contribution in [3.63, 3.8) is 0 Å². The standard InChI is InChI=1S/C33H27N5O2/c1-37-18-19-40-28-16-15-24(20-26(28)37)30-25(35-29-14-8-9-17-34-29)21-27-31(22-10-4-2-5-11-22)32(36-38(27)33(30)39)23-12-6-3-7-13-23/h2-17,20H,18-19,21H2,1H3,(H,34,35). The zero-order chi connectivity index (χ0) is 27.1. The third-order valence-electron chi connectivity index (χ3n) is 7.43. The summed E-state index contributed by atoms with van der Waals surface area (Å²) in [5.41, 5.74) is 7.69. The van der Waals surface area contributed by atoms with Crippen LogP contribution in [0.5, 0.6) is 5.75 Å². The third kappa shape index (κ3) is 4.12. The molecule has 7 nitrogen and oxygen atoms in total. The van der Waals surface area contributed by atoms with Gasteiger partial charge in [0.1, 0.15) is 23.9 Å². The molecule has 0 radical (unpaired) electrons. The number of ether oxygens (including phenoxy) is 1. The molecule has 1 N–H and O–H groups in total. The summed E-state index contributed by atoms with van der Waals surface area (Å²) < 4.78 is 7.46. The fourth-order valence-electron chi connectivity index (χ4n) is 5.48. The first kappa shape index (κ1) is 23.9. The minimum absolute atomic E-state index is 0.182. The number of hydrogen-bond donors (Lipinski definition) is 1. The lowest BCUT2D eigenvalue weighted by Gasteiger charge is -2.29. The summed E-state index contributed by atoms with van der Waals surface area (Å²) in [5, 5.41) is 8.43. The minimum Gasteiger partial charge on any atom is -0.490 e. The van der Waals surface area contributed by atoms with Crippen LogP contribution in [-0.4, -0.2) is 40.9 Å². The smallest absolute Gasteiger partial charge is 0.280 e. The van der Waals surface area contributed by atoms with Crippen molar-refractivity contribution < 1.29 is 9.53 Å². The molecule has 196 valence electrons. The molecule has 0 bridgehead atoms. The number of carbonyl (C=O) groups excluding carboxylic acids is 1. The Balaban J connectivity index is 1.43. The summed E-state index contributed by atoms with van der Waals surface area (Å²) in [6, 6.07) is 31.8. The van der Waals surface area contributed by atoms with Crippen molar-refractivity contribution in [2.45, 2.75) is 6.42 Å². The molecule has 0 saturated heterocycles. The normalized spacial score (nSPS) is 14.4. The fourth-order valence-corrected chi connectivity index (χ4v) is 5.48. The van der Waals surface area contributed by atoms with Crippen molar-refractivity contribution in [3.8, 4) is 28.1 Å². The molecule has 5 aromatic rings. The molecule has 7 rings (SSSR count). The Morgan fingerprint density at radius 1 is 0.850 bits per heavy atom. The second-order valence-corrected chi connectivity index (χ2v) is 9.94. The Labute approximate surface area is 232 Å². The monoisotopic (exact) mass is 525 g/mol. The number of benzene rings is 3. The number of pyridine rings is 1. The highest BCUT2D eigenvalue weighted by Crippen LogP contribution is 2.41. The second kappa shape index (κ2) is 9.85. The summed E-state index contributed by atoms with van der Waals surface area (Å²) >= 11 is 0. The van der Waals surface area contributed by atoms with Crippen LogP contribution >= 0.6 is 0 Å². The summed E-state index contributed by atoms with van der Waals surface area (Å²) in [6.45, 7) is 1.42. The molecular formula is C33H27N5O2. The SMILES string of the molecule is CN1CCOc2ccc(C3=C(Nc4ccccn4)Cc4c(-c5ccccc5)c(-c5ccccc5)nn4C3=O)cc21. The lowest BCUT2D eigenvalue weighted by Crippen LogP contribution is -2.29. The van der Waals surface area contributed by atoms with Crippen LogP contribution in [0.2, 0.25) is 0 Å². The molecule has 0 spiro atoms. The predicted molar refractivity (Wildman–Crippen MR) is 157 cm³/mol. The van der Waals surface area contributed by atoms with Gasteiger partial charge in [0, 0.05) is 36.5 Å². The summed E-state index contributed by atoms with van der Waals surface area (Å²) in [4.78, 5) is 21.1. The topological polar surface area (TPSA) is 72.3 Å². The molecule has 0 saturated carbocycles. The van der Waals surface area contributed by atoms with Gasteiger partial charge < -0.3 is 15.0 Å². The maximum absolute atomic E-state index is 14.4. The first-order chi connectivity index (χ1) is 19.7. The molecule has 0 unspecified atom stereocenters. The van der Waals surface area contributed by atoms with E-state index in [0.29, 0.717) is 24.4 Å². The number of allylic oxidation sites excluding steroid dienone is 2. The lowest BCUT2D eigenvalue weighted by atomic mass is 9.92. The van der Waals surface area contributed by atoms with Gasteiger partial charge in [-0.25, -0.2) is 4.98 Å². The van der Waals surface area contributed by atoms with Crippen molar-refractivity contribution in [2.75, 3.05) is 30.4 Å². The fraction of sp³-hybridized carbons (Fsp3) is 0.121. The van der Waals surface area contributed by atoms with Crippen molar-refractivity contribution in [1.29, 1.82) is 0 Å². The quantitative estimate of drug-likeness (QED) is 0.296. The maximum atomic E-state index is 14.4. The van der Waals surface area contributed by atoms with Gasteiger partial charge in [0.2, 0.25) is 0 Å². The van der Waals surface area contributed by atoms with Crippen LogP contribution in [0.4, 0.5) is 11.5 Å². The molecule has 40 heavy (non-hydrogen) atoms. The van der Waals surface area contributed by atoms with E-state index >= 15 is 0 Å². The molecule has 0 fully saturated rings. The van der Waals surface area contributed by atoms with Gasteiger partial charge in [-0.3, -0.25) is 4.79 Å². The average Bonchev–Trinajstić information content (AvgIpc) is 3.39. The van der Waals surface area contributed by atoms with Crippen LogP contribution in [0.25, 0.3) is 28.0 Å². The molecule has 0 amide bonds. The number of aromatic nitrogens is 3. The zero-order valence-corrected chi connectivity index (χ0v) is 22.0. The van der Waals surface area contributed by atoms with Crippen LogP contribution in [0.3, 0.4) is 0 Å². The van der Waals surface area contributed by atoms with Gasteiger partial charge in [-0.1, -0.05) is 72.8 Å². The number of hydrogen-bond acceptors (Lipinski definition) is 6. The number of nitrogens with zero attached hydrogens (tertiary/aromatic N) is 4. The van der Waals surface area contributed by atoms with E-state index in [1.165, 1.54) is 0 Å². The third-order valence-corrected chi connectivity index (χ3v) is 7.43. The molecule has 2 aromatic heterocycles. The molecule has 4 heterocycles. The molecule has 2 aliphatic heterocycles. The molecule has 0 aliphatic carbocycles. The zero-order valence-electron chi connectivity index (χ0n) is 22.0. The van der Waals surface area contributed by atoms with Gasteiger partial charge in [0.15, 0.2) is 0 Å². The highest BCUT2D eigenvalue weighted by atomic mass is 16.5. The van der Waals surface area contributed by atoms with Gasteiger partial charge in [0.25, 0.3) is 5.91 Å². The Hall–Kier alpha value is -5.17. The minimum atomic E-state index is -0.182. The summed E-state index contributed by atoms with van der Waals surface area (Å²) in [7, 11) is 2.04. The summed E-state index contributed by atoms with van der Waals surface area (Å²) in [6.07, 6.45) is 2.22. The highest BCUT2D eigenvalue weighted by Gasteiger charge is 2.33. The van der Waals surface area contributed by atoms with Crippen LogP contribution < -0.4 is 15.0 Å². The molecular weight excluding hydrogens is 498 g/mol. The Morgan fingerprint density at radius 3 is 2.35 bits per heavy atom. The number of nitrogens with one attached hydrogen (secondary N) is 1. The van der Waals surface area contributed by atoms with Crippen molar-refractivity contribution in [3.05, 3.63) is 120 Å². The van der Waals surface area contributed by atoms with Crippen molar-refractivity contribution >= 4 is 23.0 Å². The van der Waals surface area contributed by atoms with E-state index in [9.17, 15) is 4.79 Å². The first-order valence-corrected chi connectivity index (χ1v) is 13.3. The van der Waals surface area contributed by atoms with Gasteiger partial charge in [-0.2, -0.15) is 9.78 Å². The van der Waals surface area contributed by atoms with E-state index in [-0.39, 0.29) is 5.91 Å². The number of carbonyl (C=O) groups is 1. The Bertz CT molecular complexity index is 1740. The molecule has 0 atom stereocenters. The first-order valence-electron chi connectivity index (χ1n) is 13.3. The Kier molecular flexibility index (Phi) is 5.89. The van der Waals surface area contributed by atoms with Crippen LogP contribution in [0.15, 0.2) is 109 Å². The Morgan fingerprint density at radius 2 is 1.60 bits per heavy atom. The van der Waals surface area contributed by atoms with Crippen molar-refractivity contribution in [2.24, 2.45) is 0 Å². The van der Waals surface area contributed by atoms with Crippen LogP contribution in [0, 0.1) is 0 Å². The number of fused-ring (bicyclic) bond motifs is 2. The van der Waals surface area contributed by atoms with Crippen LogP contribution in [0.1, 0.15) is 16.1 Å². The number of rotatable bonds is 5. The van der Waals surface area contributed by atoms with E-state index in [1.54, 1.807) is 10.9 Å². The predicted octanol–water partition coefficient (Wildman–Crippen LogP) is 6.16. The van der Waals surface area contributed by atoms with Gasteiger partial charge in [-0.05, 0) is 35.4 Å². The van der Waals surface area contributed by atoms with Gasteiger partial charge in [-0.15, -0.1) is 0 Å². The highest BCUT2D eigenvalue weighted by molar-refractivity contribution is 6.23. The van der Waals surface area contributed by atoms with Crippen LogP contribution in [-0.2, 0) is 6.42 Å². The largest absolute Gasteiger partial charge is 0.490 e. The maximum Gasteiger partial charge on any atom is 0.280 e. The van der Waals surface area contributed by atoms with Gasteiger partial charge in [0.05, 0.1) is 23.5 Å². The number of likely N-dealkylation sites (N-methyl/N-ethyl adjacent to an activating group) is 1. The lowest BCUT2D eigenvalue weighted by molar-refractivity contribution is 0.0958. The van der Waals surface area contributed by atoms with E-state index in [0.717, 1.165) is 57.3 Å². The molecule has 2 aliphatic rings. The van der Waals surface area contributed by atoms with Crippen molar-refractivity contribution in [1.82, 2.24) is 14.8 Å². The summed E-state index contributed by atoms with van der Waals surface area (Å²) in [5.74, 6) is 1.31. The average molecular weight is 526 g/mol. The van der Waals surface area contributed by atoms with E-state index in [4.69, 9.17) is 9.84 Å². The molecule has 3 aromatic carbocycles. The number of anilines is 2. The second-order valence-electron chi connectivity index (χ2n) is 9.94. The van der Waals surface area contributed by atoms with E-state index in [2.05, 4.69) is 27.3 Å².